The normalized spacial score (nSPS) is 23.6. The summed E-state index contributed by atoms with van der Waals surface area (Å²) in [5.41, 5.74) is 7.12. The highest BCUT2D eigenvalue weighted by Gasteiger charge is 2.32. The van der Waals surface area contributed by atoms with Gasteiger partial charge in [0.25, 0.3) is 5.91 Å². The van der Waals surface area contributed by atoms with Crippen LogP contribution in [-0.4, -0.2) is 47.9 Å². The molecule has 1 atom stereocenters. The lowest BCUT2D eigenvalue weighted by Crippen LogP contribution is -2.41. The molecule has 1 saturated carbocycles. The third-order valence-corrected chi connectivity index (χ3v) is 5.31. The van der Waals surface area contributed by atoms with Gasteiger partial charge in [-0.2, -0.15) is 0 Å². The van der Waals surface area contributed by atoms with E-state index in [1.165, 1.54) is 32.1 Å². The highest BCUT2D eigenvalue weighted by atomic mass is 16.2. The van der Waals surface area contributed by atoms with Gasteiger partial charge in [-0.1, -0.05) is 19.3 Å². The zero-order valence-electron chi connectivity index (χ0n) is 13.5. The van der Waals surface area contributed by atoms with Crippen molar-refractivity contribution >= 4 is 11.6 Å². The molecule has 1 heterocycles. The highest BCUT2D eigenvalue weighted by Crippen LogP contribution is 2.27. The lowest BCUT2D eigenvalue weighted by molar-refractivity contribution is 0.0726. The van der Waals surface area contributed by atoms with Crippen molar-refractivity contribution in [2.75, 3.05) is 25.9 Å². The Hall–Kier alpha value is -1.55. The number of carbonyl (C=O) groups is 1. The average molecular weight is 301 g/mol. The van der Waals surface area contributed by atoms with Crippen molar-refractivity contribution in [2.24, 2.45) is 0 Å². The summed E-state index contributed by atoms with van der Waals surface area (Å²) in [6.45, 7) is 2.16. The van der Waals surface area contributed by atoms with Crippen LogP contribution < -0.4 is 5.73 Å². The zero-order valence-corrected chi connectivity index (χ0v) is 13.5. The Balaban J connectivity index is 1.59. The fourth-order valence-corrected chi connectivity index (χ4v) is 3.86. The lowest BCUT2D eigenvalue weighted by Gasteiger charge is -2.32. The van der Waals surface area contributed by atoms with Crippen molar-refractivity contribution in [2.45, 2.75) is 50.6 Å². The minimum atomic E-state index is 0.107. The first kappa shape index (κ1) is 15.3. The van der Waals surface area contributed by atoms with Gasteiger partial charge in [-0.05, 0) is 43.5 Å². The van der Waals surface area contributed by atoms with Gasteiger partial charge in [-0.3, -0.25) is 9.69 Å². The summed E-state index contributed by atoms with van der Waals surface area (Å²) in [4.78, 5) is 17.1. The fourth-order valence-electron chi connectivity index (χ4n) is 3.86. The van der Waals surface area contributed by atoms with Crippen molar-refractivity contribution in [3.63, 3.8) is 0 Å². The van der Waals surface area contributed by atoms with Crippen LogP contribution in [0.15, 0.2) is 24.3 Å². The second-order valence-corrected chi connectivity index (χ2v) is 6.77. The van der Waals surface area contributed by atoms with E-state index in [0.29, 0.717) is 11.7 Å². The smallest absolute Gasteiger partial charge is 0.253 e. The van der Waals surface area contributed by atoms with Crippen LogP contribution in [0.5, 0.6) is 0 Å². The van der Waals surface area contributed by atoms with Gasteiger partial charge in [0.15, 0.2) is 0 Å². The predicted molar refractivity (Wildman–Crippen MR) is 89.8 cm³/mol. The van der Waals surface area contributed by atoms with Gasteiger partial charge in [-0.25, -0.2) is 0 Å². The molecule has 1 saturated heterocycles. The number of likely N-dealkylation sites (N-methyl/N-ethyl adjacent to an activating group) is 1. The van der Waals surface area contributed by atoms with E-state index in [9.17, 15) is 4.79 Å². The van der Waals surface area contributed by atoms with E-state index in [1.54, 1.807) is 12.1 Å². The second kappa shape index (κ2) is 6.69. The Morgan fingerprint density at radius 1 is 1.14 bits per heavy atom. The second-order valence-electron chi connectivity index (χ2n) is 6.77. The molecule has 1 aromatic rings. The van der Waals surface area contributed by atoms with Gasteiger partial charge in [0.05, 0.1) is 0 Å². The predicted octanol–water partition coefficient (Wildman–Crippen LogP) is 2.75. The molecule has 120 valence electrons. The number of benzene rings is 1. The summed E-state index contributed by atoms with van der Waals surface area (Å²) in [7, 11) is 1.94. The molecule has 0 radical (unpaired) electrons. The highest BCUT2D eigenvalue weighted by molar-refractivity contribution is 5.94. The van der Waals surface area contributed by atoms with Crippen LogP contribution in [0, 0.1) is 0 Å². The molecule has 2 N–H and O–H groups in total. The zero-order chi connectivity index (χ0) is 15.5. The fraction of sp³-hybridized carbons (Fsp3) is 0.611. The van der Waals surface area contributed by atoms with Gasteiger partial charge in [0, 0.05) is 43.5 Å². The Kier molecular flexibility index (Phi) is 4.67. The van der Waals surface area contributed by atoms with Gasteiger partial charge in [0.2, 0.25) is 0 Å². The van der Waals surface area contributed by atoms with Gasteiger partial charge in [0.1, 0.15) is 0 Å². The number of nitrogens with zero attached hydrogens (tertiary/aromatic N) is 2. The minimum absolute atomic E-state index is 0.107. The van der Waals surface area contributed by atoms with E-state index in [4.69, 9.17) is 5.73 Å². The average Bonchev–Trinajstić information content (AvgIpc) is 3.05. The first-order valence-corrected chi connectivity index (χ1v) is 8.52. The number of amides is 1. The third kappa shape index (κ3) is 3.27. The number of nitrogen functional groups attached to an aromatic ring is 1. The van der Waals surface area contributed by atoms with Crippen molar-refractivity contribution in [1.29, 1.82) is 0 Å². The number of nitrogens with two attached hydrogens (primary N) is 1. The molecule has 0 aromatic heterocycles. The molecule has 1 aliphatic carbocycles. The molecule has 3 rings (SSSR count). The Morgan fingerprint density at radius 2 is 1.82 bits per heavy atom. The van der Waals surface area contributed by atoms with Crippen LogP contribution in [0.4, 0.5) is 5.69 Å². The number of anilines is 1. The summed E-state index contributed by atoms with van der Waals surface area (Å²) in [5.74, 6) is 0.107. The topological polar surface area (TPSA) is 49.6 Å². The molecule has 0 spiro atoms. The molecular formula is C18H27N3O. The van der Waals surface area contributed by atoms with Crippen LogP contribution in [-0.2, 0) is 0 Å². The molecule has 0 unspecified atom stereocenters. The maximum atomic E-state index is 12.6. The number of hydrogen-bond donors (Lipinski definition) is 1. The summed E-state index contributed by atoms with van der Waals surface area (Å²) in [6, 6.07) is 8.32. The van der Waals surface area contributed by atoms with Crippen LogP contribution >= 0.6 is 0 Å². The van der Waals surface area contributed by atoms with Gasteiger partial charge in [-0.15, -0.1) is 0 Å². The van der Waals surface area contributed by atoms with Crippen molar-refractivity contribution in [3.8, 4) is 0 Å². The summed E-state index contributed by atoms with van der Waals surface area (Å²) in [6.07, 6.45) is 7.89. The number of rotatable bonds is 3. The van der Waals surface area contributed by atoms with Crippen molar-refractivity contribution in [3.05, 3.63) is 29.8 Å². The molecule has 0 bridgehead atoms. The van der Waals surface area contributed by atoms with E-state index >= 15 is 0 Å². The summed E-state index contributed by atoms with van der Waals surface area (Å²) in [5, 5.41) is 0. The maximum Gasteiger partial charge on any atom is 0.253 e. The van der Waals surface area contributed by atoms with Crippen LogP contribution in [0.2, 0.25) is 0 Å². The Bertz CT molecular complexity index is 508. The van der Waals surface area contributed by atoms with E-state index < -0.39 is 0 Å². The SMILES string of the molecule is CN(C(=O)c1ccc(N)cc1)[C@@H]1CCN(C2CCCCC2)C1. The lowest BCUT2D eigenvalue weighted by atomic mass is 9.94. The Morgan fingerprint density at radius 3 is 2.50 bits per heavy atom. The molecule has 2 aliphatic rings. The van der Waals surface area contributed by atoms with E-state index in [1.807, 2.05) is 24.1 Å². The van der Waals surface area contributed by atoms with Gasteiger partial charge < -0.3 is 10.6 Å². The molecule has 2 fully saturated rings. The molecule has 1 aliphatic heterocycles. The summed E-state index contributed by atoms with van der Waals surface area (Å²) >= 11 is 0. The molecular weight excluding hydrogens is 274 g/mol. The number of likely N-dealkylation sites (tertiary alicyclic amines) is 1. The van der Waals surface area contributed by atoms with Crippen LogP contribution in [0.3, 0.4) is 0 Å². The quantitative estimate of drug-likeness (QED) is 0.873. The van der Waals surface area contributed by atoms with Gasteiger partial charge >= 0.3 is 0 Å². The monoisotopic (exact) mass is 301 g/mol. The minimum Gasteiger partial charge on any atom is -0.399 e. The Labute approximate surface area is 133 Å². The molecule has 1 amide bonds. The summed E-state index contributed by atoms with van der Waals surface area (Å²) < 4.78 is 0. The van der Waals surface area contributed by atoms with Crippen LogP contribution in [0.1, 0.15) is 48.9 Å². The van der Waals surface area contributed by atoms with Crippen molar-refractivity contribution < 1.29 is 4.79 Å². The van der Waals surface area contributed by atoms with E-state index in [0.717, 1.165) is 31.1 Å². The van der Waals surface area contributed by atoms with E-state index in [-0.39, 0.29) is 5.91 Å². The number of carbonyl (C=O) groups excluding carboxylic acids is 1. The molecule has 22 heavy (non-hydrogen) atoms. The number of hydrogen-bond acceptors (Lipinski definition) is 3. The first-order valence-electron chi connectivity index (χ1n) is 8.52. The maximum absolute atomic E-state index is 12.6. The third-order valence-electron chi connectivity index (χ3n) is 5.31. The molecule has 4 nitrogen and oxygen atoms in total. The molecule has 4 heteroatoms. The first-order chi connectivity index (χ1) is 10.6. The van der Waals surface area contributed by atoms with E-state index in [2.05, 4.69) is 4.90 Å². The van der Waals surface area contributed by atoms with Crippen LogP contribution in [0.25, 0.3) is 0 Å². The molecule has 1 aromatic carbocycles. The largest absolute Gasteiger partial charge is 0.399 e. The standard InChI is InChI=1S/C18H27N3O/c1-20(18(22)14-7-9-15(19)10-8-14)17-11-12-21(13-17)16-5-3-2-4-6-16/h7-10,16-17H,2-6,11-13,19H2,1H3/t17-/m1/s1. The van der Waals surface area contributed by atoms with Crippen molar-refractivity contribution in [1.82, 2.24) is 9.80 Å².